The first-order valence-electron chi connectivity index (χ1n) is 14.9. The number of fused-ring (bicyclic) bond motifs is 3. The molecule has 0 bridgehead atoms. The Morgan fingerprint density at radius 1 is 1.05 bits per heavy atom. The van der Waals surface area contributed by atoms with E-state index in [1.807, 2.05) is 19.1 Å². The van der Waals surface area contributed by atoms with Crippen molar-refractivity contribution >= 4 is 34.4 Å². The average Bonchev–Trinajstić information content (AvgIpc) is 3.43. The van der Waals surface area contributed by atoms with E-state index in [0.29, 0.717) is 29.4 Å². The van der Waals surface area contributed by atoms with Crippen LogP contribution >= 0.6 is 11.3 Å². The van der Waals surface area contributed by atoms with Crippen LogP contribution in [0.3, 0.4) is 0 Å². The Morgan fingerprint density at radius 3 is 2.51 bits per heavy atom. The molecular formula is C34H36FN5O2S. The number of carbonyl (C=O) groups excluding carboxylic acids is 1. The van der Waals surface area contributed by atoms with Crippen molar-refractivity contribution in [1.82, 2.24) is 14.5 Å². The molecule has 1 amide bonds. The molecule has 2 aromatic carbocycles. The first-order valence-corrected chi connectivity index (χ1v) is 15.7. The molecule has 4 aromatic rings. The molecule has 1 fully saturated rings. The predicted octanol–water partition coefficient (Wildman–Crippen LogP) is 6.06. The molecule has 7 rings (SSSR count). The number of hydrogen-bond acceptors (Lipinski definition) is 6. The molecule has 1 aliphatic carbocycles. The summed E-state index contributed by atoms with van der Waals surface area (Å²) in [5, 5.41) is 3.18. The lowest BCUT2D eigenvalue weighted by Crippen LogP contribution is -2.41. The first kappa shape index (κ1) is 28.0. The summed E-state index contributed by atoms with van der Waals surface area (Å²) in [5.74, 6) is 0.179. The highest BCUT2D eigenvalue weighted by Crippen LogP contribution is 2.46. The molecule has 0 atom stereocenters. The molecule has 7 nitrogen and oxygen atoms in total. The molecular weight excluding hydrogens is 561 g/mol. The lowest BCUT2D eigenvalue weighted by atomic mass is 9.89. The number of anilines is 3. The third-order valence-electron chi connectivity index (χ3n) is 9.21. The summed E-state index contributed by atoms with van der Waals surface area (Å²) in [6.45, 7) is 9.04. The van der Waals surface area contributed by atoms with Crippen LogP contribution in [0, 0.1) is 18.2 Å². The maximum absolute atomic E-state index is 15.2. The molecule has 43 heavy (non-hydrogen) atoms. The second-order valence-electron chi connectivity index (χ2n) is 13.2. The lowest BCUT2D eigenvalue weighted by molar-refractivity contribution is 0.0984. The molecule has 9 heteroatoms. The number of benzene rings is 2. The van der Waals surface area contributed by atoms with Crippen molar-refractivity contribution in [2.75, 3.05) is 36.9 Å². The van der Waals surface area contributed by atoms with Gasteiger partial charge in [-0.3, -0.25) is 9.59 Å². The zero-order valence-corrected chi connectivity index (χ0v) is 26.1. The van der Waals surface area contributed by atoms with Crippen LogP contribution in [0.15, 0.2) is 47.4 Å². The van der Waals surface area contributed by atoms with Crippen molar-refractivity contribution < 1.29 is 9.18 Å². The minimum atomic E-state index is -0.452. The van der Waals surface area contributed by atoms with E-state index >= 15 is 4.39 Å². The summed E-state index contributed by atoms with van der Waals surface area (Å²) in [6, 6.07) is 11.0. The van der Waals surface area contributed by atoms with Crippen LogP contribution in [-0.2, 0) is 26.3 Å². The molecule has 1 saturated heterocycles. The Hall–Kier alpha value is -3.82. The van der Waals surface area contributed by atoms with Crippen molar-refractivity contribution in [2.24, 2.45) is 12.5 Å². The van der Waals surface area contributed by atoms with E-state index < -0.39 is 5.82 Å². The van der Waals surface area contributed by atoms with Crippen molar-refractivity contribution in [3.05, 3.63) is 90.8 Å². The Kier molecular flexibility index (Phi) is 6.59. The molecule has 0 spiro atoms. The summed E-state index contributed by atoms with van der Waals surface area (Å²) in [6.07, 6.45) is 4.38. The summed E-state index contributed by atoms with van der Waals surface area (Å²) in [7, 11) is 3.77. The van der Waals surface area contributed by atoms with E-state index in [4.69, 9.17) is 0 Å². The molecule has 4 heterocycles. The minimum Gasteiger partial charge on any atom is -0.336 e. The quantitative estimate of drug-likeness (QED) is 0.303. The molecule has 222 valence electrons. The zero-order chi connectivity index (χ0) is 30.2. The van der Waals surface area contributed by atoms with Gasteiger partial charge in [-0.05, 0) is 85.2 Å². The topological polar surface area (TPSA) is 70.5 Å². The second kappa shape index (κ2) is 10.1. The van der Waals surface area contributed by atoms with Gasteiger partial charge in [0.1, 0.15) is 5.82 Å². The Balaban J connectivity index is 1.20. The van der Waals surface area contributed by atoms with Crippen molar-refractivity contribution in [3.63, 3.8) is 0 Å². The summed E-state index contributed by atoms with van der Waals surface area (Å²) in [4.78, 5) is 37.6. The first-order chi connectivity index (χ1) is 20.5. The monoisotopic (exact) mass is 597 g/mol. The van der Waals surface area contributed by atoms with Gasteiger partial charge in [-0.15, -0.1) is 11.3 Å². The Morgan fingerprint density at radius 2 is 1.79 bits per heavy atom. The molecule has 1 N–H and O–H groups in total. The number of aryl methyl sites for hydroxylation is 1. The zero-order valence-electron chi connectivity index (χ0n) is 25.3. The van der Waals surface area contributed by atoms with Gasteiger partial charge in [0.2, 0.25) is 0 Å². The number of aromatic nitrogens is 2. The SMILES string of the molecule is Cc1c(-c2cn(C)c(=O)c(Nc3ccc(C4CN(C)C4)cc3)n2)cc(F)cc1N1CCc2c(sc3c2CC(C)(C)C3)C1=O. The fourth-order valence-electron chi connectivity index (χ4n) is 6.90. The smallest absolute Gasteiger partial charge is 0.293 e. The van der Waals surface area contributed by atoms with Gasteiger partial charge >= 0.3 is 0 Å². The molecule has 2 aromatic heterocycles. The van der Waals surface area contributed by atoms with Gasteiger partial charge in [0.15, 0.2) is 5.82 Å². The van der Waals surface area contributed by atoms with Crippen LogP contribution in [-0.4, -0.2) is 47.0 Å². The van der Waals surface area contributed by atoms with Gasteiger partial charge in [-0.1, -0.05) is 26.0 Å². The highest BCUT2D eigenvalue weighted by molar-refractivity contribution is 7.14. The Labute approximate surface area is 255 Å². The third-order valence-corrected chi connectivity index (χ3v) is 10.5. The largest absolute Gasteiger partial charge is 0.336 e. The third kappa shape index (κ3) is 4.88. The number of halogens is 1. The number of amides is 1. The number of likely N-dealkylation sites (N-methyl/N-ethyl adjacent to an activating group) is 1. The number of nitrogens with one attached hydrogen (secondary N) is 1. The molecule has 0 saturated carbocycles. The van der Waals surface area contributed by atoms with E-state index in [1.165, 1.54) is 38.3 Å². The van der Waals surface area contributed by atoms with Gasteiger partial charge in [-0.2, -0.15) is 0 Å². The standard InChI is InChI=1S/C34H36FN5O2S/c1-19-25(27-18-39(5)33(42)31(37-27)36-23-8-6-20(7-9-23)21-16-38(4)17-21)12-22(35)13-28(19)40-11-10-24-26-14-34(2,3)15-29(26)43-30(24)32(40)41/h6-9,12-13,18,21H,10-11,14-17H2,1-5H3,(H,36,37). The maximum atomic E-state index is 15.2. The van der Waals surface area contributed by atoms with Gasteiger partial charge in [0.25, 0.3) is 11.5 Å². The van der Waals surface area contributed by atoms with E-state index in [9.17, 15) is 9.59 Å². The van der Waals surface area contributed by atoms with Crippen LogP contribution in [0.4, 0.5) is 21.6 Å². The van der Waals surface area contributed by atoms with Crippen LogP contribution in [0.1, 0.15) is 56.6 Å². The van der Waals surface area contributed by atoms with Crippen LogP contribution < -0.4 is 15.8 Å². The van der Waals surface area contributed by atoms with Gasteiger partial charge < -0.3 is 19.7 Å². The summed E-state index contributed by atoms with van der Waals surface area (Å²) < 4.78 is 16.7. The van der Waals surface area contributed by atoms with Crippen molar-refractivity contribution in [1.29, 1.82) is 0 Å². The number of thiophene rings is 1. The number of hydrogen-bond donors (Lipinski definition) is 1. The number of likely N-dealkylation sites (tertiary alicyclic amines) is 1. The van der Waals surface area contributed by atoms with Gasteiger partial charge in [0, 0.05) is 54.9 Å². The fraction of sp³-hybridized carbons (Fsp3) is 0.382. The molecule has 2 aliphatic heterocycles. The van der Waals surface area contributed by atoms with Crippen LogP contribution in [0.2, 0.25) is 0 Å². The van der Waals surface area contributed by atoms with Gasteiger partial charge in [-0.25, -0.2) is 9.37 Å². The maximum Gasteiger partial charge on any atom is 0.293 e. The predicted molar refractivity (Wildman–Crippen MR) is 170 cm³/mol. The normalized spacial score (nSPS) is 18.0. The van der Waals surface area contributed by atoms with E-state index in [2.05, 4.69) is 48.2 Å². The fourth-order valence-corrected chi connectivity index (χ4v) is 8.48. The summed E-state index contributed by atoms with van der Waals surface area (Å²) >= 11 is 1.61. The number of carbonyl (C=O) groups is 1. The van der Waals surface area contributed by atoms with Gasteiger partial charge in [0.05, 0.1) is 16.3 Å². The Bertz CT molecular complexity index is 1830. The minimum absolute atomic E-state index is 0.0640. The number of nitrogens with zero attached hydrogens (tertiary/aromatic N) is 4. The molecule has 0 radical (unpaired) electrons. The number of rotatable bonds is 5. The van der Waals surface area contributed by atoms with Crippen molar-refractivity contribution in [3.8, 4) is 11.3 Å². The van der Waals surface area contributed by atoms with E-state index in [-0.39, 0.29) is 22.7 Å². The molecule has 3 aliphatic rings. The van der Waals surface area contributed by atoms with E-state index in [0.717, 1.165) is 48.5 Å². The molecule has 0 unspecified atom stereocenters. The lowest BCUT2D eigenvalue weighted by Gasteiger charge is -2.36. The highest BCUT2D eigenvalue weighted by Gasteiger charge is 2.38. The van der Waals surface area contributed by atoms with E-state index in [1.54, 1.807) is 29.5 Å². The van der Waals surface area contributed by atoms with Crippen LogP contribution in [0.25, 0.3) is 11.3 Å². The average molecular weight is 598 g/mol. The second-order valence-corrected chi connectivity index (χ2v) is 14.3. The summed E-state index contributed by atoms with van der Waals surface area (Å²) in [5.41, 5.74) is 6.82. The highest BCUT2D eigenvalue weighted by atomic mass is 32.1. The van der Waals surface area contributed by atoms with Crippen molar-refractivity contribution in [2.45, 2.75) is 46.0 Å². The van der Waals surface area contributed by atoms with Crippen LogP contribution in [0.5, 0.6) is 0 Å².